The molecule has 0 aliphatic heterocycles. The molecule has 6 heteroatoms. The van der Waals surface area contributed by atoms with E-state index in [0.29, 0.717) is 0 Å². The van der Waals surface area contributed by atoms with E-state index in [2.05, 4.69) is 19.8 Å². The van der Waals surface area contributed by atoms with Crippen molar-refractivity contribution in [1.82, 2.24) is 9.97 Å². The first-order valence-corrected chi connectivity index (χ1v) is 8.53. The number of nitriles is 1. The van der Waals surface area contributed by atoms with E-state index >= 15 is 0 Å². The molecular weight excluding hydrogens is 375 g/mol. The molecule has 0 unspecified atom stereocenters. The number of anilines is 2. The van der Waals surface area contributed by atoms with Gasteiger partial charge in [-0.05, 0) is 0 Å². The van der Waals surface area contributed by atoms with E-state index in [4.69, 9.17) is 5.26 Å². The minimum absolute atomic E-state index is 0. The fourth-order valence-corrected chi connectivity index (χ4v) is 3.13. The van der Waals surface area contributed by atoms with Crippen LogP contribution in [0.1, 0.15) is 5.82 Å². The molecule has 0 radical (unpaired) electrons. The number of halogens is 1. The quantitative estimate of drug-likeness (QED) is 0.646. The molecule has 0 spiro atoms. The number of fused-ring (bicyclic) bond motifs is 1. The third kappa shape index (κ3) is 3.62. The van der Waals surface area contributed by atoms with E-state index in [1.807, 2.05) is 62.5 Å². The smallest absolute Gasteiger partial charge is 0.147 e. The molecule has 3 rings (SSSR count). The predicted molar refractivity (Wildman–Crippen MR) is 97.0 cm³/mol. The molecule has 0 aliphatic carbocycles. The summed E-state index contributed by atoms with van der Waals surface area (Å²) in [6, 6.07) is 16.1. The molecule has 0 aliphatic rings. The molecule has 0 N–H and O–H groups in total. The number of aromatic nitrogens is 2. The van der Waals surface area contributed by atoms with Crippen LogP contribution in [0.3, 0.4) is 0 Å². The van der Waals surface area contributed by atoms with Crippen LogP contribution in [0.4, 0.5) is 11.5 Å². The Kier molecular flexibility index (Phi) is 5.57. The molecule has 2 aromatic carbocycles. The number of rotatable bonds is 3. The number of aryl methyl sites for hydroxylation is 1. The Balaban J connectivity index is 0.00000192. The maximum absolute atomic E-state index is 8.78. The van der Waals surface area contributed by atoms with Crippen molar-refractivity contribution in [2.75, 3.05) is 11.9 Å². The number of hydrogen-bond acceptors (Lipinski definition) is 4. The molecule has 0 amide bonds. The van der Waals surface area contributed by atoms with Gasteiger partial charge in [0.05, 0.1) is 0 Å². The molecule has 1 aromatic heterocycles. The number of para-hydroxylation sites is 1. The second-order valence-electron chi connectivity index (χ2n) is 4.86. The van der Waals surface area contributed by atoms with Gasteiger partial charge in [0.15, 0.2) is 0 Å². The summed E-state index contributed by atoms with van der Waals surface area (Å²) in [4.78, 5) is 13.4. The van der Waals surface area contributed by atoms with Gasteiger partial charge in [0.1, 0.15) is 0 Å². The summed E-state index contributed by atoms with van der Waals surface area (Å²) >= 11 is -0.116. The zero-order chi connectivity index (χ0) is 15.5. The molecule has 0 saturated heterocycles. The van der Waals surface area contributed by atoms with Crippen LogP contribution in [0.2, 0.25) is 0 Å². The zero-order valence-electron chi connectivity index (χ0n) is 12.7. The van der Waals surface area contributed by atoms with E-state index < -0.39 is 0 Å². The summed E-state index contributed by atoms with van der Waals surface area (Å²) in [6.07, 6.45) is 0. The number of benzene rings is 2. The Morgan fingerprint density at radius 1 is 1.04 bits per heavy atom. The second-order valence-corrected chi connectivity index (χ2v) is 6.66. The molecule has 116 valence electrons. The Morgan fingerprint density at radius 3 is 2.43 bits per heavy atom. The summed E-state index contributed by atoms with van der Waals surface area (Å²) in [5.74, 6) is 1.65. The third-order valence-electron chi connectivity index (χ3n) is 3.40. The summed E-state index contributed by atoms with van der Waals surface area (Å²) in [7, 11) is 2.00. The van der Waals surface area contributed by atoms with Crippen molar-refractivity contribution in [3.63, 3.8) is 0 Å². The molecule has 3 aromatic rings. The van der Waals surface area contributed by atoms with Crippen molar-refractivity contribution in [3.05, 3.63) is 54.4 Å². The number of hydrogen-bond donors (Lipinski definition) is 0. The minimum atomic E-state index is -0.116. The van der Waals surface area contributed by atoms with Crippen molar-refractivity contribution in [3.8, 4) is 4.97 Å². The van der Waals surface area contributed by atoms with E-state index in [1.54, 1.807) is 0 Å². The van der Waals surface area contributed by atoms with Crippen LogP contribution in [0.5, 0.6) is 0 Å². The van der Waals surface area contributed by atoms with E-state index in [0.717, 1.165) is 32.7 Å². The fourth-order valence-electron chi connectivity index (χ4n) is 2.34. The van der Waals surface area contributed by atoms with Gasteiger partial charge in [0.2, 0.25) is 0 Å². The van der Waals surface area contributed by atoms with Gasteiger partial charge in [-0.25, -0.2) is 0 Å². The second kappa shape index (κ2) is 7.43. The molecular formula is C17H15ClN4Se. The maximum Gasteiger partial charge on any atom is -0.147 e. The topological polar surface area (TPSA) is 52.8 Å². The summed E-state index contributed by atoms with van der Waals surface area (Å²) in [5, 5.41) is 9.80. The summed E-state index contributed by atoms with van der Waals surface area (Å²) in [5.41, 5.74) is 1.99. The number of nitrogens with zero attached hydrogens (tertiary/aromatic N) is 4. The summed E-state index contributed by atoms with van der Waals surface area (Å²) < 4.78 is 1.08. The van der Waals surface area contributed by atoms with Crippen molar-refractivity contribution >= 4 is 54.2 Å². The van der Waals surface area contributed by atoms with E-state index in [-0.39, 0.29) is 27.4 Å². The average molecular weight is 390 g/mol. The van der Waals surface area contributed by atoms with Crippen LogP contribution >= 0.6 is 12.4 Å². The predicted octanol–water partition coefficient (Wildman–Crippen LogP) is 2.94. The average Bonchev–Trinajstić information content (AvgIpc) is 2.54. The van der Waals surface area contributed by atoms with E-state index in [1.165, 1.54) is 0 Å². The van der Waals surface area contributed by atoms with Crippen molar-refractivity contribution in [2.24, 2.45) is 0 Å². The molecule has 4 nitrogen and oxygen atoms in total. The third-order valence-corrected chi connectivity index (χ3v) is 4.66. The first-order chi connectivity index (χ1) is 10.7. The van der Waals surface area contributed by atoms with Gasteiger partial charge in [-0.3, -0.25) is 0 Å². The van der Waals surface area contributed by atoms with Gasteiger partial charge in [-0.1, -0.05) is 0 Å². The zero-order valence-corrected chi connectivity index (χ0v) is 15.3. The van der Waals surface area contributed by atoms with Crippen molar-refractivity contribution < 1.29 is 0 Å². The largest absolute Gasteiger partial charge is 0.147 e. The van der Waals surface area contributed by atoms with Gasteiger partial charge < -0.3 is 0 Å². The normalized spacial score (nSPS) is 9.96. The molecule has 23 heavy (non-hydrogen) atoms. The fraction of sp³-hybridized carbons (Fsp3) is 0.118. The van der Waals surface area contributed by atoms with Crippen LogP contribution in [-0.4, -0.2) is 32.0 Å². The van der Waals surface area contributed by atoms with Gasteiger partial charge in [-0.2, -0.15) is 0 Å². The van der Waals surface area contributed by atoms with Gasteiger partial charge in [-0.15, -0.1) is 12.4 Å². The van der Waals surface area contributed by atoms with Crippen LogP contribution in [0, 0.1) is 17.2 Å². The van der Waals surface area contributed by atoms with E-state index in [9.17, 15) is 0 Å². The molecule has 0 bridgehead atoms. The SMILES string of the molecule is Cc1nc(N(C)c2ccc([Se]C#N)cc2)c2ccccc2n1.Cl. The van der Waals surface area contributed by atoms with Gasteiger partial charge in [0, 0.05) is 0 Å². The Bertz CT molecular complexity index is 859. The molecule has 1 heterocycles. The van der Waals surface area contributed by atoms with Gasteiger partial charge >= 0.3 is 135 Å². The summed E-state index contributed by atoms with van der Waals surface area (Å²) in [6.45, 7) is 1.91. The van der Waals surface area contributed by atoms with Crippen LogP contribution in [-0.2, 0) is 0 Å². The van der Waals surface area contributed by atoms with Crippen molar-refractivity contribution in [2.45, 2.75) is 6.92 Å². The molecule has 0 atom stereocenters. The molecule has 0 fully saturated rings. The van der Waals surface area contributed by atoms with Crippen LogP contribution in [0.15, 0.2) is 48.5 Å². The monoisotopic (exact) mass is 390 g/mol. The standard InChI is InChI=1S/C17H14N4Se.ClH/c1-12-19-16-6-4-3-5-15(16)17(20-12)21(2)13-7-9-14(10-8-13)22-11-18;/h3-10H,1-2H3;1H. The Labute approximate surface area is 147 Å². The van der Waals surface area contributed by atoms with Crippen LogP contribution in [0.25, 0.3) is 10.9 Å². The first-order valence-electron chi connectivity index (χ1n) is 6.82. The van der Waals surface area contributed by atoms with Gasteiger partial charge in [0.25, 0.3) is 0 Å². The Morgan fingerprint density at radius 2 is 1.74 bits per heavy atom. The van der Waals surface area contributed by atoms with Crippen molar-refractivity contribution in [1.29, 1.82) is 5.26 Å². The first kappa shape index (κ1) is 17.2. The Hall–Kier alpha value is -2.12. The molecule has 0 saturated carbocycles. The maximum atomic E-state index is 8.78. The minimum Gasteiger partial charge on any atom is -0.147 e. The van der Waals surface area contributed by atoms with Crippen LogP contribution < -0.4 is 9.36 Å².